The Balaban J connectivity index is 1.71. The van der Waals surface area contributed by atoms with Gasteiger partial charge in [-0.2, -0.15) is 0 Å². The predicted molar refractivity (Wildman–Crippen MR) is 105 cm³/mol. The molecular weight excluding hydrogens is 370 g/mol. The lowest BCUT2D eigenvalue weighted by atomic mass is 10.1. The molecule has 1 heterocycles. The molecule has 0 aliphatic carbocycles. The highest BCUT2D eigenvalue weighted by Crippen LogP contribution is 2.26. The summed E-state index contributed by atoms with van der Waals surface area (Å²) in [5.74, 6) is -0.210. The van der Waals surface area contributed by atoms with E-state index in [9.17, 15) is 13.2 Å². The fourth-order valence-corrected chi connectivity index (χ4v) is 3.54. The largest absolute Gasteiger partial charge is 0.298 e. The molecule has 0 fully saturated rings. The van der Waals surface area contributed by atoms with Gasteiger partial charge in [0.2, 0.25) is 10.0 Å². The number of thiazole rings is 1. The van der Waals surface area contributed by atoms with Crippen LogP contribution in [0.3, 0.4) is 0 Å². The fraction of sp³-hybridized carbons (Fsp3) is 0.111. The molecule has 1 aromatic heterocycles. The van der Waals surface area contributed by atoms with Gasteiger partial charge < -0.3 is 0 Å². The summed E-state index contributed by atoms with van der Waals surface area (Å²) in [7, 11) is -3.30. The van der Waals surface area contributed by atoms with Crippen LogP contribution in [0.1, 0.15) is 15.9 Å². The Hall–Kier alpha value is -2.71. The van der Waals surface area contributed by atoms with Crippen molar-refractivity contribution >= 4 is 38.1 Å². The first kappa shape index (κ1) is 18.1. The standard InChI is InChI=1S/C18H17N3O3S2/c1-12-3-5-14(6-4-12)17(22)20-18-19-16(11-25-18)13-7-9-15(10-8-13)21-26(2,23)24/h3-11,21H,1-2H3,(H,19,20,22). The number of carbonyl (C=O) groups is 1. The summed E-state index contributed by atoms with van der Waals surface area (Å²) >= 11 is 1.33. The summed E-state index contributed by atoms with van der Waals surface area (Å²) in [4.78, 5) is 16.7. The number of rotatable bonds is 5. The van der Waals surface area contributed by atoms with Gasteiger partial charge in [-0.05, 0) is 31.2 Å². The van der Waals surface area contributed by atoms with Crippen LogP contribution >= 0.6 is 11.3 Å². The zero-order chi connectivity index (χ0) is 18.7. The SMILES string of the molecule is Cc1ccc(C(=O)Nc2nc(-c3ccc(NS(C)(=O)=O)cc3)cs2)cc1. The van der Waals surface area contributed by atoms with Gasteiger partial charge in [-0.25, -0.2) is 13.4 Å². The molecule has 0 saturated carbocycles. The number of anilines is 2. The predicted octanol–water partition coefficient (Wildman–Crippen LogP) is 3.74. The lowest BCUT2D eigenvalue weighted by Crippen LogP contribution is -2.11. The molecule has 6 nitrogen and oxygen atoms in total. The second-order valence-corrected chi connectivity index (χ2v) is 8.42. The van der Waals surface area contributed by atoms with Crippen molar-refractivity contribution < 1.29 is 13.2 Å². The van der Waals surface area contributed by atoms with Crippen LogP contribution in [0.15, 0.2) is 53.9 Å². The van der Waals surface area contributed by atoms with E-state index >= 15 is 0 Å². The van der Waals surface area contributed by atoms with E-state index in [2.05, 4.69) is 15.0 Å². The Bertz CT molecular complexity index is 1020. The van der Waals surface area contributed by atoms with Gasteiger partial charge >= 0.3 is 0 Å². The Kier molecular flexibility index (Phi) is 5.06. The molecule has 134 valence electrons. The average molecular weight is 387 g/mol. The highest BCUT2D eigenvalue weighted by Gasteiger charge is 2.10. The van der Waals surface area contributed by atoms with Crippen LogP contribution in [-0.2, 0) is 10.0 Å². The Morgan fingerprint density at radius 3 is 2.31 bits per heavy atom. The quantitative estimate of drug-likeness (QED) is 0.698. The third kappa shape index (κ3) is 4.68. The maximum Gasteiger partial charge on any atom is 0.257 e. The van der Waals surface area contributed by atoms with Crippen molar-refractivity contribution in [2.45, 2.75) is 6.92 Å². The van der Waals surface area contributed by atoms with Gasteiger partial charge in [-0.15, -0.1) is 11.3 Å². The van der Waals surface area contributed by atoms with E-state index < -0.39 is 10.0 Å². The molecule has 2 N–H and O–H groups in total. The number of aromatic nitrogens is 1. The van der Waals surface area contributed by atoms with E-state index in [0.717, 1.165) is 17.4 Å². The van der Waals surface area contributed by atoms with Crippen LogP contribution in [0.2, 0.25) is 0 Å². The Morgan fingerprint density at radius 1 is 1.04 bits per heavy atom. The van der Waals surface area contributed by atoms with E-state index in [0.29, 0.717) is 22.1 Å². The maximum atomic E-state index is 12.2. The summed E-state index contributed by atoms with van der Waals surface area (Å²) < 4.78 is 24.9. The minimum Gasteiger partial charge on any atom is -0.298 e. The van der Waals surface area contributed by atoms with Crippen LogP contribution in [0, 0.1) is 6.92 Å². The van der Waals surface area contributed by atoms with E-state index in [4.69, 9.17) is 0 Å². The smallest absolute Gasteiger partial charge is 0.257 e. The van der Waals surface area contributed by atoms with Crippen LogP contribution in [-0.4, -0.2) is 25.6 Å². The minimum atomic E-state index is -3.30. The van der Waals surface area contributed by atoms with Crippen LogP contribution in [0.4, 0.5) is 10.8 Å². The van der Waals surface area contributed by atoms with Crippen LogP contribution in [0.25, 0.3) is 11.3 Å². The van der Waals surface area contributed by atoms with Gasteiger partial charge in [0.15, 0.2) is 5.13 Å². The molecule has 3 rings (SSSR count). The number of carbonyl (C=O) groups excluding carboxylic acids is 1. The number of nitrogens with zero attached hydrogens (tertiary/aromatic N) is 1. The number of aryl methyl sites for hydroxylation is 1. The summed E-state index contributed by atoms with van der Waals surface area (Å²) in [5.41, 5.74) is 3.69. The third-order valence-electron chi connectivity index (χ3n) is 3.52. The average Bonchev–Trinajstić information content (AvgIpc) is 3.03. The molecule has 0 unspecified atom stereocenters. The monoisotopic (exact) mass is 387 g/mol. The van der Waals surface area contributed by atoms with Gasteiger partial charge in [0.25, 0.3) is 5.91 Å². The lowest BCUT2D eigenvalue weighted by Gasteiger charge is -2.04. The number of amides is 1. The van der Waals surface area contributed by atoms with Gasteiger partial charge in [0.1, 0.15) is 0 Å². The first-order valence-corrected chi connectivity index (χ1v) is 10.5. The zero-order valence-electron chi connectivity index (χ0n) is 14.2. The van der Waals surface area contributed by atoms with Crippen molar-refractivity contribution in [3.05, 3.63) is 65.0 Å². The molecule has 0 aliphatic rings. The van der Waals surface area contributed by atoms with Gasteiger partial charge in [-0.3, -0.25) is 14.8 Å². The second kappa shape index (κ2) is 7.27. The number of benzene rings is 2. The molecule has 0 radical (unpaired) electrons. The molecule has 0 spiro atoms. The van der Waals surface area contributed by atoms with Crippen molar-refractivity contribution in [2.24, 2.45) is 0 Å². The van der Waals surface area contributed by atoms with Crippen LogP contribution in [0.5, 0.6) is 0 Å². The molecule has 0 aliphatic heterocycles. The van der Waals surface area contributed by atoms with E-state index in [1.165, 1.54) is 11.3 Å². The van der Waals surface area contributed by atoms with Crippen molar-refractivity contribution in [1.82, 2.24) is 4.98 Å². The van der Waals surface area contributed by atoms with Crippen LogP contribution < -0.4 is 10.0 Å². The topological polar surface area (TPSA) is 88.2 Å². The number of hydrogen-bond acceptors (Lipinski definition) is 5. The fourth-order valence-electron chi connectivity index (χ4n) is 2.26. The molecule has 1 amide bonds. The summed E-state index contributed by atoms with van der Waals surface area (Å²) in [6, 6.07) is 14.2. The van der Waals surface area contributed by atoms with E-state index in [1.54, 1.807) is 36.4 Å². The van der Waals surface area contributed by atoms with Crippen molar-refractivity contribution in [3.63, 3.8) is 0 Å². The molecular formula is C18H17N3O3S2. The zero-order valence-corrected chi connectivity index (χ0v) is 15.8. The molecule has 2 aromatic carbocycles. The molecule has 8 heteroatoms. The molecule has 3 aromatic rings. The lowest BCUT2D eigenvalue weighted by molar-refractivity contribution is 0.102. The first-order valence-electron chi connectivity index (χ1n) is 7.72. The number of sulfonamides is 1. The Labute approximate surface area is 156 Å². The van der Waals surface area contributed by atoms with Gasteiger partial charge in [0.05, 0.1) is 11.9 Å². The maximum absolute atomic E-state index is 12.2. The second-order valence-electron chi connectivity index (χ2n) is 5.81. The van der Waals surface area contributed by atoms with Crippen molar-refractivity contribution in [3.8, 4) is 11.3 Å². The Morgan fingerprint density at radius 2 is 1.69 bits per heavy atom. The highest BCUT2D eigenvalue weighted by molar-refractivity contribution is 7.92. The third-order valence-corrected chi connectivity index (χ3v) is 4.89. The van der Waals surface area contributed by atoms with Gasteiger partial charge in [0, 0.05) is 22.2 Å². The molecule has 0 bridgehead atoms. The van der Waals surface area contributed by atoms with E-state index in [1.807, 2.05) is 24.4 Å². The summed E-state index contributed by atoms with van der Waals surface area (Å²) in [6.45, 7) is 1.96. The van der Waals surface area contributed by atoms with E-state index in [-0.39, 0.29) is 5.91 Å². The molecule has 0 atom stereocenters. The summed E-state index contributed by atoms with van der Waals surface area (Å²) in [6.07, 6.45) is 1.10. The van der Waals surface area contributed by atoms with Crippen molar-refractivity contribution in [2.75, 3.05) is 16.3 Å². The summed E-state index contributed by atoms with van der Waals surface area (Å²) in [5, 5.41) is 5.13. The molecule has 26 heavy (non-hydrogen) atoms. The van der Waals surface area contributed by atoms with Crippen molar-refractivity contribution in [1.29, 1.82) is 0 Å². The highest BCUT2D eigenvalue weighted by atomic mass is 32.2. The van der Waals surface area contributed by atoms with Gasteiger partial charge in [-0.1, -0.05) is 29.8 Å². The first-order chi connectivity index (χ1) is 12.3. The minimum absolute atomic E-state index is 0.210. The number of nitrogens with one attached hydrogen (secondary N) is 2. The normalized spacial score (nSPS) is 11.2. The molecule has 0 saturated heterocycles. The number of hydrogen-bond donors (Lipinski definition) is 2.